The van der Waals surface area contributed by atoms with Crippen molar-refractivity contribution in [1.82, 2.24) is 0 Å². The summed E-state index contributed by atoms with van der Waals surface area (Å²) in [6.45, 7) is 3.16. The van der Waals surface area contributed by atoms with Gasteiger partial charge in [0.1, 0.15) is 0 Å². The van der Waals surface area contributed by atoms with E-state index >= 15 is 0 Å². The molecule has 3 nitrogen and oxygen atoms in total. The van der Waals surface area contributed by atoms with E-state index in [4.69, 9.17) is 10.6 Å². The average Bonchev–Trinajstić information content (AvgIpc) is 2.72. The third-order valence-corrected chi connectivity index (χ3v) is 5.77. The molecule has 1 aromatic rings. The molecule has 0 amide bonds. The lowest BCUT2D eigenvalue weighted by atomic mass is 10.0. The van der Waals surface area contributed by atoms with Gasteiger partial charge >= 0.3 is 8.03 Å². The van der Waals surface area contributed by atoms with E-state index < -0.39 is 8.03 Å². The quantitative estimate of drug-likeness (QED) is 0.210. The molecule has 28 heavy (non-hydrogen) atoms. The van der Waals surface area contributed by atoms with Crippen LogP contribution in [-0.4, -0.2) is 11.4 Å². The molecule has 0 aliphatic heterocycles. The standard InChI is InChI=1S/C18H39N.C6H5O2P/c1-2-3-4-5-6-7-8-9-10-11-12-13-14-15-16-17-18-19;7-9(8)6-4-2-1-3-5-6/h2-19H2,1H3;1-5H/p+1. The van der Waals surface area contributed by atoms with E-state index in [0.29, 0.717) is 5.30 Å². The smallest absolute Gasteiger partial charge is 0.330 e. The summed E-state index contributed by atoms with van der Waals surface area (Å²) in [5, 5.41) is 0.479. The Balaban J connectivity index is 0.000000668. The molecule has 0 saturated heterocycles. The lowest BCUT2D eigenvalue weighted by molar-refractivity contribution is 0.513. The number of unbranched alkanes of at least 4 members (excludes halogenated alkanes) is 15. The first-order valence-electron chi connectivity index (χ1n) is 11.6. The fourth-order valence-electron chi connectivity index (χ4n) is 3.25. The predicted octanol–water partition coefficient (Wildman–Crippen LogP) is 7.25. The summed E-state index contributed by atoms with van der Waals surface area (Å²) in [5.74, 6) is 0. The van der Waals surface area contributed by atoms with Crippen LogP contribution in [0.15, 0.2) is 30.3 Å². The average molecular weight is 411 g/mol. The molecule has 0 radical (unpaired) electrons. The minimum absolute atomic E-state index is 0.479. The second-order valence-corrected chi connectivity index (χ2v) is 8.76. The van der Waals surface area contributed by atoms with Crippen molar-refractivity contribution in [2.75, 3.05) is 6.54 Å². The van der Waals surface area contributed by atoms with Crippen LogP contribution in [0.4, 0.5) is 0 Å². The first-order chi connectivity index (χ1) is 13.7. The van der Waals surface area contributed by atoms with Crippen LogP contribution in [0.25, 0.3) is 0 Å². The zero-order valence-corrected chi connectivity index (χ0v) is 19.2. The molecule has 4 heteroatoms. The third-order valence-electron chi connectivity index (χ3n) is 5.03. The van der Waals surface area contributed by atoms with Crippen LogP contribution in [0.2, 0.25) is 0 Å². The molecule has 0 bridgehead atoms. The number of hydrogen-bond donors (Lipinski definition) is 2. The maximum absolute atomic E-state index is 10.3. The summed E-state index contributed by atoms with van der Waals surface area (Å²) < 4.78 is 10.3. The van der Waals surface area contributed by atoms with Crippen molar-refractivity contribution in [3.8, 4) is 0 Å². The van der Waals surface area contributed by atoms with E-state index in [1.807, 2.05) is 6.07 Å². The Morgan fingerprint density at radius 1 is 0.679 bits per heavy atom. The molecule has 0 aliphatic carbocycles. The molecule has 1 rings (SSSR count). The van der Waals surface area contributed by atoms with Gasteiger partial charge in [0.2, 0.25) is 5.30 Å². The molecule has 0 aromatic heterocycles. The van der Waals surface area contributed by atoms with Crippen molar-refractivity contribution in [1.29, 1.82) is 0 Å². The van der Waals surface area contributed by atoms with E-state index in [1.54, 1.807) is 24.3 Å². The van der Waals surface area contributed by atoms with Crippen LogP contribution in [0.3, 0.4) is 0 Å². The van der Waals surface area contributed by atoms with Crippen LogP contribution < -0.4 is 11.0 Å². The first kappa shape index (κ1) is 27.2. The van der Waals surface area contributed by atoms with Gasteiger partial charge in [0.25, 0.3) is 0 Å². The monoisotopic (exact) mass is 410 g/mol. The Morgan fingerprint density at radius 3 is 1.32 bits per heavy atom. The van der Waals surface area contributed by atoms with E-state index in [2.05, 4.69) is 6.92 Å². The Hall–Kier alpha value is -0.760. The summed E-state index contributed by atoms with van der Waals surface area (Å²) in [6.07, 6.45) is 22.9. The Bertz CT molecular complexity index is 423. The van der Waals surface area contributed by atoms with E-state index in [0.717, 1.165) is 6.54 Å². The maximum atomic E-state index is 10.3. The molecule has 1 unspecified atom stereocenters. The SMILES string of the molecule is CCCCCCCCCCCCCCCCCCN.O=[P+](O)c1ccccc1. The second kappa shape index (κ2) is 22.5. The molecule has 1 aromatic carbocycles. The van der Waals surface area contributed by atoms with Gasteiger partial charge in [-0.05, 0) is 29.7 Å². The normalized spacial score (nSPS) is 11.0. The van der Waals surface area contributed by atoms with Crippen LogP contribution in [-0.2, 0) is 4.57 Å². The Morgan fingerprint density at radius 2 is 1.04 bits per heavy atom. The van der Waals surface area contributed by atoms with Crippen molar-refractivity contribution in [2.24, 2.45) is 5.73 Å². The molecular weight excluding hydrogens is 365 g/mol. The van der Waals surface area contributed by atoms with Gasteiger partial charge < -0.3 is 5.73 Å². The van der Waals surface area contributed by atoms with Gasteiger partial charge in [-0.1, -0.05) is 121 Å². The minimum Gasteiger partial charge on any atom is -0.330 e. The van der Waals surface area contributed by atoms with E-state index in [1.165, 1.54) is 103 Å². The minimum atomic E-state index is -2.15. The van der Waals surface area contributed by atoms with Gasteiger partial charge in [0.15, 0.2) is 0 Å². The predicted molar refractivity (Wildman–Crippen MR) is 125 cm³/mol. The Labute approximate surface area is 175 Å². The van der Waals surface area contributed by atoms with E-state index in [-0.39, 0.29) is 0 Å². The maximum Gasteiger partial charge on any atom is 0.546 e. The highest BCUT2D eigenvalue weighted by atomic mass is 31.1. The van der Waals surface area contributed by atoms with Gasteiger partial charge in [-0.25, -0.2) is 0 Å². The summed E-state index contributed by atoms with van der Waals surface area (Å²) in [6, 6.07) is 8.53. The molecule has 1 atom stereocenters. The van der Waals surface area contributed by atoms with Crippen molar-refractivity contribution in [2.45, 2.75) is 110 Å². The molecule has 0 heterocycles. The summed E-state index contributed by atoms with van der Waals surface area (Å²) in [7, 11) is -2.15. The lowest BCUT2D eigenvalue weighted by Crippen LogP contribution is -1.97. The van der Waals surface area contributed by atoms with Gasteiger partial charge in [-0.15, -0.1) is 0 Å². The molecule has 0 fully saturated rings. The number of rotatable bonds is 17. The highest BCUT2D eigenvalue weighted by Crippen LogP contribution is 2.13. The van der Waals surface area contributed by atoms with Gasteiger partial charge in [0.05, 0.1) is 0 Å². The topological polar surface area (TPSA) is 63.3 Å². The van der Waals surface area contributed by atoms with Crippen molar-refractivity contribution >= 4 is 13.3 Å². The van der Waals surface area contributed by atoms with Crippen LogP contribution in [0.5, 0.6) is 0 Å². The van der Waals surface area contributed by atoms with Crippen molar-refractivity contribution < 1.29 is 9.46 Å². The zero-order chi connectivity index (χ0) is 20.7. The molecule has 0 saturated carbocycles. The van der Waals surface area contributed by atoms with E-state index in [9.17, 15) is 4.57 Å². The fourth-order valence-corrected chi connectivity index (χ4v) is 3.68. The molecule has 3 N–H and O–H groups in total. The summed E-state index contributed by atoms with van der Waals surface area (Å²) in [4.78, 5) is 8.53. The largest absolute Gasteiger partial charge is 0.546 e. The highest BCUT2D eigenvalue weighted by Gasteiger charge is 2.12. The zero-order valence-electron chi connectivity index (χ0n) is 18.3. The molecule has 0 spiro atoms. The Kier molecular flexibility index (Phi) is 21.9. The number of hydrogen-bond acceptors (Lipinski definition) is 2. The second-order valence-electron chi connectivity index (χ2n) is 7.70. The molecule has 162 valence electrons. The number of benzene rings is 1. The van der Waals surface area contributed by atoms with Crippen LogP contribution in [0.1, 0.15) is 110 Å². The lowest BCUT2D eigenvalue weighted by Gasteiger charge is -2.03. The van der Waals surface area contributed by atoms with Crippen LogP contribution >= 0.6 is 8.03 Å². The molecular formula is C24H45NO2P+. The van der Waals surface area contributed by atoms with Gasteiger partial charge in [-0.3, -0.25) is 0 Å². The highest BCUT2D eigenvalue weighted by molar-refractivity contribution is 7.47. The summed E-state index contributed by atoms with van der Waals surface area (Å²) >= 11 is 0. The van der Waals surface area contributed by atoms with Gasteiger partial charge in [-0.2, -0.15) is 4.89 Å². The first-order valence-corrected chi connectivity index (χ1v) is 12.8. The van der Waals surface area contributed by atoms with Gasteiger partial charge in [0, 0.05) is 0 Å². The molecule has 0 aliphatic rings. The van der Waals surface area contributed by atoms with Crippen molar-refractivity contribution in [3.05, 3.63) is 30.3 Å². The van der Waals surface area contributed by atoms with Crippen LogP contribution in [0, 0.1) is 0 Å². The number of nitrogens with two attached hydrogens (primary N) is 1. The third kappa shape index (κ3) is 20.0. The summed E-state index contributed by atoms with van der Waals surface area (Å²) in [5.41, 5.74) is 5.48. The van der Waals surface area contributed by atoms with Crippen molar-refractivity contribution in [3.63, 3.8) is 0 Å². The fraction of sp³-hybridized carbons (Fsp3) is 0.750.